The van der Waals surface area contributed by atoms with E-state index in [4.69, 9.17) is 22.4 Å². The quantitative estimate of drug-likeness (QED) is 0.145. The van der Waals surface area contributed by atoms with Crippen LogP contribution in [0, 0.1) is 0 Å². The van der Waals surface area contributed by atoms with Gasteiger partial charge in [0.2, 0.25) is 11.9 Å². The van der Waals surface area contributed by atoms with E-state index in [1.165, 1.54) is 30.3 Å². The summed E-state index contributed by atoms with van der Waals surface area (Å²) in [5.41, 5.74) is 2.29. The van der Waals surface area contributed by atoms with Gasteiger partial charge in [-0.05, 0) is 36.4 Å². The van der Waals surface area contributed by atoms with Crippen molar-refractivity contribution >= 4 is 29.4 Å². The predicted octanol–water partition coefficient (Wildman–Crippen LogP) is 3.23. The number of halogens is 7. The molecule has 0 unspecified atom stereocenters. The molecule has 2 aromatic carbocycles. The number of benzene rings is 2. The first-order valence-corrected chi connectivity index (χ1v) is 12.9. The number of carboxylic acid groups (broad SMARTS) is 1. The smallest absolute Gasteiger partial charge is 0.427 e. The Kier molecular flexibility index (Phi) is 9.36. The number of aromatic nitrogens is 6. The molecule has 0 aliphatic rings. The Hall–Kier alpha value is -5.46. The maximum atomic E-state index is 13.9. The van der Waals surface area contributed by atoms with Crippen LogP contribution in [-0.2, 0) is 33.6 Å². The highest BCUT2D eigenvalue weighted by Gasteiger charge is 2.44. The Balaban J connectivity index is 1.80. The molecule has 0 bridgehead atoms. The van der Waals surface area contributed by atoms with Gasteiger partial charge in [0.15, 0.2) is 11.6 Å². The van der Waals surface area contributed by atoms with Crippen molar-refractivity contribution in [2.24, 2.45) is 5.73 Å². The van der Waals surface area contributed by atoms with E-state index in [2.05, 4.69) is 19.9 Å². The molecule has 0 aliphatic heterocycles. The van der Waals surface area contributed by atoms with Gasteiger partial charge >= 0.3 is 30.0 Å². The number of aliphatic carboxylic acids is 1. The van der Waals surface area contributed by atoms with Gasteiger partial charge in [-0.25, -0.2) is 28.7 Å². The lowest BCUT2D eigenvalue weighted by atomic mass is 10.1. The van der Waals surface area contributed by atoms with Gasteiger partial charge in [-0.15, -0.1) is 10.2 Å². The van der Waals surface area contributed by atoms with E-state index < -0.39 is 83.8 Å². The van der Waals surface area contributed by atoms with Gasteiger partial charge < -0.3 is 15.6 Å². The summed E-state index contributed by atoms with van der Waals surface area (Å²) >= 11 is 5.89. The molecule has 1 atom stereocenters. The molecule has 0 fully saturated rings. The van der Waals surface area contributed by atoms with Crippen LogP contribution in [0.15, 0.2) is 65.5 Å². The number of carbonyl (C=O) groups excluding carboxylic acids is 2. The third-order valence-electron chi connectivity index (χ3n) is 5.96. The number of rotatable bonds is 10. The van der Waals surface area contributed by atoms with E-state index in [0.717, 1.165) is 12.1 Å². The maximum absolute atomic E-state index is 13.9. The average Bonchev–Trinajstić information content (AvgIpc) is 3.52. The maximum Gasteiger partial charge on any atom is 0.427 e. The molecular weight excluding hydrogens is 656 g/mol. The van der Waals surface area contributed by atoms with E-state index in [1.807, 2.05) is 0 Å². The molecule has 0 spiro atoms. The lowest BCUT2D eigenvalue weighted by Crippen LogP contribution is -2.40. The fraction of sp³-hybridized carbons (Fsp3) is 0.192. The largest absolute Gasteiger partial charge is 0.478 e. The van der Waals surface area contributed by atoms with Crippen LogP contribution < -0.4 is 11.4 Å². The molecule has 4 rings (SSSR count). The van der Waals surface area contributed by atoms with Gasteiger partial charge in [0.1, 0.15) is 6.54 Å². The Morgan fingerprint density at radius 1 is 1.00 bits per heavy atom. The summed E-state index contributed by atoms with van der Waals surface area (Å²) in [6.45, 7) is -2.13. The normalized spacial score (nSPS) is 12.8. The number of hydrogen-bond acceptors (Lipinski definition) is 8. The highest BCUT2D eigenvalue weighted by Crippen LogP contribution is 2.34. The molecule has 2 heterocycles. The van der Waals surface area contributed by atoms with Crippen molar-refractivity contribution < 1.29 is 50.6 Å². The zero-order valence-corrected chi connectivity index (χ0v) is 23.4. The van der Waals surface area contributed by atoms with Crippen LogP contribution >= 0.6 is 11.6 Å². The van der Waals surface area contributed by atoms with Crippen molar-refractivity contribution in [3.63, 3.8) is 0 Å². The van der Waals surface area contributed by atoms with E-state index in [1.54, 1.807) is 0 Å². The highest BCUT2D eigenvalue weighted by atomic mass is 35.5. The molecule has 4 aromatic rings. The minimum absolute atomic E-state index is 0.0636. The number of nitrogens with two attached hydrogens (primary N) is 1. The first kappa shape index (κ1) is 33.4. The van der Waals surface area contributed by atoms with Crippen molar-refractivity contribution in [1.82, 2.24) is 29.1 Å². The number of ether oxygens (including phenoxy) is 1. The molecule has 0 saturated heterocycles. The fourth-order valence-electron chi connectivity index (χ4n) is 3.99. The molecule has 20 heteroatoms. The molecule has 242 valence electrons. The second-order valence-electron chi connectivity index (χ2n) is 9.16. The van der Waals surface area contributed by atoms with E-state index in [0.29, 0.717) is 20.0 Å². The number of alkyl halides is 6. The molecular formula is C26H18ClF6N7O6. The van der Waals surface area contributed by atoms with Crippen LogP contribution in [0.3, 0.4) is 0 Å². The average molecular weight is 674 g/mol. The Morgan fingerprint density at radius 2 is 1.65 bits per heavy atom. The zero-order chi connectivity index (χ0) is 34.0. The van der Waals surface area contributed by atoms with E-state index >= 15 is 0 Å². The standard InChI is InChI=1S/C26H18ClF6N7O6/c27-14-7-5-13(6-8-14)22-37-39(24(45)38(22)11-17(26(31,32)33)46-20(43)10-9-19(41)42)12-18-35-23(21(34)44)40(36-18)16-4-2-1-3-15(16)25(28,29)30/h1-10,17H,11-12H2,(H2,34,44)(H,41,42)/b10-9+/t17-/m0/s1. The summed E-state index contributed by atoms with van der Waals surface area (Å²) in [7, 11) is 0. The third kappa shape index (κ3) is 7.60. The molecule has 1 amide bonds. The van der Waals surface area contributed by atoms with E-state index in [9.17, 15) is 45.5 Å². The Bertz CT molecular complexity index is 1880. The summed E-state index contributed by atoms with van der Waals surface area (Å²) in [5, 5.41) is 16.8. The molecule has 2 aromatic heterocycles. The lowest BCUT2D eigenvalue weighted by Gasteiger charge is -2.20. The number of primary amides is 1. The van der Waals surface area contributed by atoms with Crippen LogP contribution in [0.4, 0.5) is 26.3 Å². The minimum Gasteiger partial charge on any atom is -0.478 e. The first-order valence-electron chi connectivity index (χ1n) is 12.5. The summed E-state index contributed by atoms with van der Waals surface area (Å²) in [6.07, 6.45) is -12.6. The van der Waals surface area contributed by atoms with Crippen molar-refractivity contribution in [1.29, 1.82) is 0 Å². The summed E-state index contributed by atoms with van der Waals surface area (Å²) < 4.78 is 88.7. The lowest BCUT2D eigenvalue weighted by molar-refractivity contribution is -0.221. The van der Waals surface area contributed by atoms with Crippen LogP contribution in [0.1, 0.15) is 22.0 Å². The molecule has 13 nitrogen and oxygen atoms in total. The second-order valence-corrected chi connectivity index (χ2v) is 9.60. The summed E-state index contributed by atoms with van der Waals surface area (Å²) in [6, 6.07) is 9.30. The highest BCUT2D eigenvalue weighted by molar-refractivity contribution is 6.30. The fourth-order valence-corrected chi connectivity index (χ4v) is 4.12. The molecule has 0 aliphatic carbocycles. The topological polar surface area (TPSA) is 177 Å². The van der Waals surface area contributed by atoms with Crippen molar-refractivity contribution in [2.75, 3.05) is 0 Å². The van der Waals surface area contributed by atoms with Gasteiger partial charge in [0, 0.05) is 22.7 Å². The first-order chi connectivity index (χ1) is 21.5. The summed E-state index contributed by atoms with van der Waals surface area (Å²) in [4.78, 5) is 51.8. The Labute approximate surface area is 257 Å². The molecule has 3 N–H and O–H groups in total. The number of esters is 1. The van der Waals surface area contributed by atoms with Crippen LogP contribution in [0.2, 0.25) is 5.02 Å². The van der Waals surface area contributed by atoms with Gasteiger partial charge in [-0.1, -0.05) is 23.7 Å². The van der Waals surface area contributed by atoms with Crippen molar-refractivity contribution in [2.45, 2.75) is 31.5 Å². The second kappa shape index (κ2) is 12.9. The van der Waals surface area contributed by atoms with E-state index in [-0.39, 0.29) is 22.7 Å². The van der Waals surface area contributed by atoms with Gasteiger partial charge in [-0.3, -0.25) is 9.36 Å². The minimum atomic E-state index is -5.26. The van der Waals surface area contributed by atoms with Crippen LogP contribution in [0.25, 0.3) is 17.1 Å². The molecule has 0 radical (unpaired) electrons. The Morgan fingerprint density at radius 3 is 2.24 bits per heavy atom. The number of carboxylic acids is 1. The number of hydrogen-bond donors (Lipinski definition) is 2. The van der Waals surface area contributed by atoms with Crippen LogP contribution in [0.5, 0.6) is 0 Å². The number of nitrogens with zero attached hydrogens (tertiary/aromatic N) is 6. The van der Waals surface area contributed by atoms with Crippen molar-refractivity contribution in [3.05, 3.63) is 93.4 Å². The molecule has 0 saturated carbocycles. The summed E-state index contributed by atoms with van der Waals surface area (Å²) in [5.74, 6) is -6.23. The van der Waals surface area contributed by atoms with Gasteiger partial charge in [-0.2, -0.15) is 26.3 Å². The van der Waals surface area contributed by atoms with Crippen molar-refractivity contribution in [3.8, 4) is 17.1 Å². The monoisotopic (exact) mass is 673 g/mol. The van der Waals surface area contributed by atoms with Gasteiger partial charge in [0.05, 0.1) is 17.8 Å². The van der Waals surface area contributed by atoms with Crippen LogP contribution in [-0.4, -0.2) is 64.3 Å². The molecule has 46 heavy (non-hydrogen) atoms. The number of carbonyl (C=O) groups is 3. The third-order valence-corrected chi connectivity index (χ3v) is 6.21. The number of amides is 1. The predicted molar refractivity (Wildman–Crippen MR) is 144 cm³/mol. The SMILES string of the molecule is NC(=O)c1nc(Cn2nc(-c3ccc(Cl)cc3)n(C[C@H](OC(=O)/C=C/C(=O)O)C(F)(F)F)c2=O)nn1-c1ccccc1C(F)(F)F. The number of para-hydroxylation sites is 1. The van der Waals surface area contributed by atoms with Gasteiger partial charge in [0.25, 0.3) is 5.91 Å². The zero-order valence-electron chi connectivity index (χ0n) is 22.7.